The van der Waals surface area contributed by atoms with E-state index in [0.717, 1.165) is 16.5 Å². The van der Waals surface area contributed by atoms with Crippen molar-refractivity contribution in [2.24, 2.45) is 5.92 Å². The molecule has 0 aliphatic rings. The highest BCUT2D eigenvalue weighted by Crippen LogP contribution is 2.25. The van der Waals surface area contributed by atoms with Crippen molar-refractivity contribution in [3.05, 3.63) is 47.7 Å². The predicted octanol–water partition coefficient (Wildman–Crippen LogP) is 4.28. The van der Waals surface area contributed by atoms with Crippen LogP contribution in [0.25, 0.3) is 16.7 Å². The molecule has 1 amide bonds. The number of hydrogen-bond donors (Lipinski definition) is 1. The van der Waals surface area contributed by atoms with Crippen molar-refractivity contribution in [1.82, 2.24) is 14.8 Å². The number of hydrogen-bond acceptors (Lipinski definition) is 5. The van der Waals surface area contributed by atoms with Crippen LogP contribution in [0.5, 0.6) is 0 Å². The first-order valence-electron chi connectivity index (χ1n) is 9.92. The normalized spacial score (nSPS) is 11.1. The monoisotopic (exact) mass is 394 g/mol. The maximum absolute atomic E-state index is 12.7. The molecule has 29 heavy (non-hydrogen) atoms. The van der Waals surface area contributed by atoms with Gasteiger partial charge in [0.1, 0.15) is 5.56 Å². The average molecular weight is 394 g/mol. The zero-order valence-corrected chi connectivity index (χ0v) is 17.2. The van der Waals surface area contributed by atoms with Crippen LogP contribution in [-0.2, 0) is 9.53 Å². The fraction of sp³-hybridized carbons (Fsp3) is 0.364. The molecule has 0 bridgehead atoms. The summed E-state index contributed by atoms with van der Waals surface area (Å²) in [5.41, 5.74) is 2.04. The highest BCUT2D eigenvalue weighted by molar-refractivity contribution is 6.01. The number of pyridine rings is 1. The Labute approximate surface area is 170 Å². The van der Waals surface area contributed by atoms with Gasteiger partial charge in [0.25, 0.3) is 0 Å². The van der Waals surface area contributed by atoms with Crippen LogP contribution in [0, 0.1) is 12.8 Å². The molecule has 0 radical (unpaired) electrons. The van der Waals surface area contributed by atoms with E-state index in [4.69, 9.17) is 4.74 Å². The summed E-state index contributed by atoms with van der Waals surface area (Å²) >= 11 is 0. The molecule has 7 nitrogen and oxygen atoms in total. The number of rotatable bonds is 7. The van der Waals surface area contributed by atoms with Gasteiger partial charge in [-0.1, -0.05) is 32.0 Å². The van der Waals surface area contributed by atoms with E-state index in [0.29, 0.717) is 18.7 Å². The largest absolute Gasteiger partial charge is 0.462 e. The van der Waals surface area contributed by atoms with Gasteiger partial charge in [0.15, 0.2) is 11.6 Å². The Balaban J connectivity index is 2.11. The second kappa shape index (κ2) is 8.86. The number of carbonyl (C=O) groups excluding carboxylic acids is 2. The predicted molar refractivity (Wildman–Crippen MR) is 112 cm³/mol. The van der Waals surface area contributed by atoms with Gasteiger partial charge in [-0.05, 0) is 44.4 Å². The number of benzene rings is 1. The summed E-state index contributed by atoms with van der Waals surface area (Å²) in [6.07, 6.45) is 2.82. The minimum Gasteiger partial charge on any atom is -0.462 e. The first-order valence-corrected chi connectivity index (χ1v) is 9.92. The van der Waals surface area contributed by atoms with E-state index in [9.17, 15) is 9.59 Å². The highest BCUT2D eigenvalue weighted by atomic mass is 16.5. The van der Waals surface area contributed by atoms with E-state index in [1.54, 1.807) is 6.92 Å². The third-order valence-corrected chi connectivity index (χ3v) is 4.99. The molecule has 2 heterocycles. The smallest absolute Gasteiger partial charge is 0.343 e. The molecule has 0 unspecified atom stereocenters. The maximum Gasteiger partial charge on any atom is 0.343 e. The van der Waals surface area contributed by atoms with Crippen LogP contribution in [0.4, 0.5) is 5.82 Å². The number of carbonyl (C=O) groups is 2. The second-order valence-corrected chi connectivity index (χ2v) is 6.86. The second-order valence-electron chi connectivity index (χ2n) is 6.86. The standard InChI is InChI=1S/C22H26N4O3/c1-5-15(6-2)21(27)25-20-17(22(28)29-7-3)13-23-26(20)19-12-14(4)16-10-8-9-11-18(16)24-19/h8-13,15H,5-7H2,1-4H3,(H,25,27). The number of nitrogens with zero attached hydrogens (tertiary/aromatic N) is 3. The van der Waals surface area contributed by atoms with E-state index >= 15 is 0 Å². The summed E-state index contributed by atoms with van der Waals surface area (Å²) in [5, 5.41) is 8.27. The fourth-order valence-corrected chi connectivity index (χ4v) is 3.32. The molecule has 2 aromatic heterocycles. The molecule has 1 aromatic carbocycles. The maximum atomic E-state index is 12.7. The van der Waals surface area contributed by atoms with Gasteiger partial charge in [-0.25, -0.2) is 9.78 Å². The molecular formula is C22H26N4O3. The van der Waals surface area contributed by atoms with Gasteiger partial charge in [0.05, 0.1) is 18.3 Å². The molecule has 3 aromatic rings. The fourth-order valence-electron chi connectivity index (χ4n) is 3.32. The zero-order chi connectivity index (χ0) is 21.0. The Hall–Kier alpha value is -3.22. The summed E-state index contributed by atoms with van der Waals surface area (Å²) in [7, 11) is 0. The van der Waals surface area contributed by atoms with Gasteiger partial charge in [-0.15, -0.1) is 0 Å². The van der Waals surface area contributed by atoms with E-state index in [1.807, 2.05) is 51.1 Å². The lowest BCUT2D eigenvalue weighted by molar-refractivity contribution is -0.120. The van der Waals surface area contributed by atoms with Crippen LogP contribution in [0.3, 0.4) is 0 Å². The summed E-state index contributed by atoms with van der Waals surface area (Å²) in [4.78, 5) is 29.9. The Morgan fingerprint density at radius 1 is 1.17 bits per heavy atom. The van der Waals surface area contributed by atoms with Gasteiger partial charge in [-0.2, -0.15) is 9.78 Å². The Bertz CT molecular complexity index is 1040. The Morgan fingerprint density at radius 3 is 2.59 bits per heavy atom. The molecule has 0 saturated heterocycles. The molecule has 3 rings (SSSR count). The van der Waals surface area contributed by atoms with Crippen molar-refractivity contribution in [2.75, 3.05) is 11.9 Å². The van der Waals surface area contributed by atoms with Crippen LogP contribution in [0.1, 0.15) is 49.5 Å². The van der Waals surface area contributed by atoms with E-state index in [1.165, 1.54) is 10.9 Å². The lowest BCUT2D eigenvalue weighted by Crippen LogP contribution is -2.24. The number of anilines is 1. The first-order chi connectivity index (χ1) is 14.0. The number of esters is 1. The minimum atomic E-state index is -0.531. The summed E-state index contributed by atoms with van der Waals surface area (Å²) in [6, 6.07) is 9.69. The van der Waals surface area contributed by atoms with Gasteiger partial charge in [-0.3, -0.25) is 4.79 Å². The van der Waals surface area contributed by atoms with Crippen molar-refractivity contribution in [1.29, 1.82) is 0 Å². The number of amides is 1. The topological polar surface area (TPSA) is 86.1 Å². The van der Waals surface area contributed by atoms with E-state index in [-0.39, 0.29) is 29.8 Å². The number of para-hydroxylation sites is 1. The zero-order valence-electron chi connectivity index (χ0n) is 17.2. The van der Waals surface area contributed by atoms with Gasteiger partial charge < -0.3 is 10.1 Å². The van der Waals surface area contributed by atoms with Gasteiger partial charge in [0.2, 0.25) is 5.91 Å². The number of aromatic nitrogens is 3. The number of ether oxygens (including phenoxy) is 1. The third-order valence-electron chi connectivity index (χ3n) is 4.99. The minimum absolute atomic E-state index is 0.153. The average Bonchev–Trinajstić information content (AvgIpc) is 3.12. The van der Waals surface area contributed by atoms with Crippen molar-refractivity contribution in [3.63, 3.8) is 0 Å². The number of aryl methyl sites for hydroxylation is 1. The molecule has 0 fully saturated rings. The molecule has 0 saturated carbocycles. The lowest BCUT2D eigenvalue weighted by Gasteiger charge is -2.15. The summed E-state index contributed by atoms with van der Waals surface area (Å²) in [5.74, 6) is -0.0326. The SMILES string of the molecule is CCOC(=O)c1cnn(-c2cc(C)c3ccccc3n2)c1NC(=O)C(CC)CC. The molecule has 0 aliphatic heterocycles. The van der Waals surface area contributed by atoms with Gasteiger partial charge >= 0.3 is 5.97 Å². The van der Waals surface area contributed by atoms with Crippen molar-refractivity contribution < 1.29 is 14.3 Å². The van der Waals surface area contributed by atoms with Crippen molar-refractivity contribution in [2.45, 2.75) is 40.5 Å². The molecule has 0 atom stereocenters. The number of nitrogens with one attached hydrogen (secondary N) is 1. The van der Waals surface area contributed by atoms with Crippen molar-refractivity contribution in [3.8, 4) is 5.82 Å². The summed E-state index contributed by atoms with van der Waals surface area (Å²) in [6.45, 7) is 7.89. The highest BCUT2D eigenvalue weighted by Gasteiger charge is 2.24. The van der Waals surface area contributed by atoms with E-state index < -0.39 is 5.97 Å². The van der Waals surface area contributed by atoms with Crippen LogP contribution in [0.2, 0.25) is 0 Å². The quantitative estimate of drug-likeness (QED) is 0.605. The van der Waals surface area contributed by atoms with Crippen LogP contribution in [-0.4, -0.2) is 33.2 Å². The van der Waals surface area contributed by atoms with Gasteiger partial charge in [0, 0.05) is 11.3 Å². The van der Waals surface area contributed by atoms with E-state index in [2.05, 4.69) is 15.4 Å². The molecule has 0 spiro atoms. The first kappa shape index (κ1) is 20.5. The van der Waals surface area contributed by atoms with Crippen molar-refractivity contribution >= 4 is 28.6 Å². The Kier molecular flexibility index (Phi) is 6.26. The molecule has 7 heteroatoms. The van der Waals surface area contributed by atoms with Crippen LogP contribution < -0.4 is 5.32 Å². The third kappa shape index (κ3) is 4.13. The molecular weight excluding hydrogens is 368 g/mol. The van der Waals surface area contributed by atoms with Crippen LogP contribution >= 0.6 is 0 Å². The molecule has 1 N–H and O–H groups in total. The number of fused-ring (bicyclic) bond motifs is 1. The summed E-state index contributed by atoms with van der Waals surface area (Å²) < 4.78 is 6.63. The molecule has 0 aliphatic carbocycles. The lowest BCUT2D eigenvalue weighted by atomic mass is 10.0. The molecule has 152 valence electrons. The Morgan fingerprint density at radius 2 is 1.90 bits per heavy atom. The van der Waals surface area contributed by atoms with Crippen LogP contribution in [0.15, 0.2) is 36.5 Å².